The number of amides is 1. The monoisotopic (exact) mass is 209 g/mol. The third kappa shape index (κ3) is 3.04. The summed E-state index contributed by atoms with van der Waals surface area (Å²) < 4.78 is 0. The highest BCUT2D eigenvalue weighted by Crippen LogP contribution is 2.23. The van der Waals surface area contributed by atoms with E-state index in [9.17, 15) is 15.0 Å². The number of benzene rings is 1. The van der Waals surface area contributed by atoms with Gasteiger partial charge >= 0.3 is 0 Å². The Hall–Kier alpha value is -1.39. The Kier molecular flexibility index (Phi) is 3.44. The minimum absolute atomic E-state index is 0.484. The van der Waals surface area contributed by atoms with Crippen LogP contribution in [-0.2, 0) is 4.79 Å². The third-order valence-corrected chi connectivity index (χ3v) is 2.26. The lowest BCUT2D eigenvalue weighted by Crippen LogP contribution is -2.51. The first-order chi connectivity index (χ1) is 6.93. The van der Waals surface area contributed by atoms with E-state index in [-0.39, 0.29) is 0 Å². The van der Waals surface area contributed by atoms with Gasteiger partial charge in [-0.1, -0.05) is 37.3 Å². The summed E-state index contributed by atoms with van der Waals surface area (Å²) in [6, 6.07) is 8.98. The number of carbonyl (C=O) groups excluding carboxylic acids is 1. The van der Waals surface area contributed by atoms with Crippen LogP contribution in [0.15, 0.2) is 30.3 Å². The molecule has 1 aromatic rings. The lowest BCUT2D eigenvalue weighted by Gasteiger charge is -2.29. The van der Waals surface area contributed by atoms with Gasteiger partial charge in [-0.2, -0.15) is 0 Å². The fourth-order valence-corrected chi connectivity index (χ4v) is 1.34. The lowest BCUT2D eigenvalue weighted by atomic mass is 9.97. The van der Waals surface area contributed by atoms with Gasteiger partial charge in [0.25, 0.3) is 5.91 Å². The van der Waals surface area contributed by atoms with Gasteiger partial charge in [-0.15, -0.1) is 0 Å². The molecule has 0 saturated carbocycles. The maximum atomic E-state index is 10.8. The Balaban J connectivity index is 2.84. The molecule has 82 valence electrons. The van der Waals surface area contributed by atoms with Crippen molar-refractivity contribution in [1.29, 1.82) is 0 Å². The standard InChI is InChI=1S/C11H15NO3/c1-8(10-6-4-3-5-7-10)11(14,15)12-9(2)13/h3-8,14-15H,1-2H3,(H,12,13). The topological polar surface area (TPSA) is 69.6 Å². The van der Waals surface area contributed by atoms with Gasteiger partial charge in [0, 0.05) is 6.92 Å². The first kappa shape index (κ1) is 11.7. The molecule has 15 heavy (non-hydrogen) atoms. The Labute approximate surface area is 88.6 Å². The largest absolute Gasteiger partial charge is 0.348 e. The molecule has 0 aliphatic heterocycles. The molecule has 4 heteroatoms. The fourth-order valence-electron chi connectivity index (χ4n) is 1.34. The molecule has 0 radical (unpaired) electrons. The Morgan fingerprint density at radius 1 is 1.33 bits per heavy atom. The summed E-state index contributed by atoms with van der Waals surface area (Å²) in [5.74, 6) is -3.29. The summed E-state index contributed by atoms with van der Waals surface area (Å²) in [7, 11) is 0. The van der Waals surface area contributed by atoms with Gasteiger partial charge < -0.3 is 15.5 Å². The second kappa shape index (κ2) is 4.42. The Morgan fingerprint density at radius 2 is 1.87 bits per heavy atom. The molecule has 0 heterocycles. The highest BCUT2D eigenvalue weighted by molar-refractivity contribution is 5.73. The van der Waals surface area contributed by atoms with Crippen LogP contribution in [0, 0.1) is 0 Å². The van der Waals surface area contributed by atoms with E-state index in [2.05, 4.69) is 5.32 Å². The molecule has 0 aliphatic rings. The Bertz CT molecular complexity index is 335. The summed E-state index contributed by atoms with van der Waals surface area (Å²) in [5.41, 5.74) is 0.747. The first-order valence-electron chi connectivity index (χ1n) is 4.72. The molecule has 0 saturated heterocycles. The quantitative estimate of drug-likeness (QED) is 0.637. The van der Waals surface area contributed by atoms with E-state index in [1.54, 1.807) is 31.2 Å². The highest BCUT2D eigenvalue weighted by Gasteiger charge is 2.32. The van der Waals surface area contributed by atoms with Gasteiger partial charge in [-0.25, -0.2) is 0 Å². The number of aliphatic hydroxyl groups is 2. The minimum Gasteiger partial charge on any atom is -0.348 e. The van der Waals surface area contributed by atoms with Crippen molar-refractivity contribution in [3.63, 3.8) is 0 Å². The highest BCUT2D eigenvalue weighted by atomic mass is 16.5. The zero-order valence-corrected chi connectivity index (χ0v) is 8.77. The van der Waals surface area contributed by atoms with E-state index in [4.69, 9.17) is 0 Å². The van der Waals surface area contributed by atoms with E-state index < -0.39 is 17.7 Å². The SMILES string of the molecule is CC(=O)NC(O)(O)C(C)c1ccccc1. The summed E-state index contributed by atoms with van der Waals surface area (Å²) in [6.45, 7) is 2.87. The van der Waals surface area contributed by atoms with Crippen LogP contribution in [0.3, 0.4) is 0 Å². The molecule has 1 aromatic carbocycles. The summed E-state index contributed by atoms with van der Waals surface area (Å²) >= 11 is 0. The van der Waals surface area contributed by atoms with Crippen molar-refractivity contribution < 1.29 is 15.0 Å². The molecule has 1 unspecified atom stereocenters. The molecule has 0 fully saturated rings. The van der Waals surface area contributed by atoms with Gasteiger partial charge in [0.1, 0.15) is 0 Å². The van der Waals surface area contributed by atoms with Crippen molar-refractivity contribution in [2.45, 2.75) is 25.7 Å². The molecule has 4 nitrogen and oxygen atoms in total. The summed E-state index contributed by atoms with van der Waals surface area (Å²) in [4.78, 5) is 10.8. The average molecular weight is 209 g/mol. The number of rotatable bonds is 3. The molecule has 0 spiro atoms. The number of hydrogen-bond donors (Lipinski definition) is 3. The third-order valence-electron chi connectivity index (χ3n) is 2.26. The van der Waals surface area contributed by atoms with Gasteiger partial charge in [0.05, 0.1) is 5.92 Å². The van der Waals surface area contributed by atoms with Crippen molar-refractivity contribution in [3.05, 3.63) is 35.9 Å². The normalized spacial score (nSPS) is 13.3. The van der Waals surface area contributed by atoms with E-state index in [1.807, 2.05) is 6.07 Å². The Morgan fingerprint density at radius 3 is 2.33 bits per heavy atom. The maximum absolute atomic E-state index is 10.8. The minimum atomic E-state index is -2.22. The van der Waals surface area contributed by atoms with Crippen molar-refractivity contribution in [1.82, 2.24) is 5.32 Å². The van der Waals surface area contributed by atoms with Crippen molar-refractivity contribution >= 4 is 5.91 Å². The average Bonchev–Trinajstić information content (AvgIpc) is 2.16. The molecule has 0 bridgehead atoms. The second-order valence-corrected chi connectivity index (χ2v) is 3.54. The van der Waals surface area contributed by atoms with Crippen LogP contribution in [0.25, 0.3) is 0 Å². The predicted octanol–water partition coefficient (Wildman–Crippen LogP) is 0.565. The number of hydrogen-bond acceptors (Lipinski definition) is 3. The van der Waals surface area contributed by atoms with Crippen LogP contribution >= 0.6 is 0 Å². The molecule has 1 rings (SSSR count). The van der Waals surface area contributed by atoms with Crippen LogP contribution < -0.4 is 5.32 Å². The van der Waals surface area contributed by atoms with Gasteiger partial charge in [-0.05, 0) is 5.56 Å². The maximum Gasteiger partial charge on any atom is 0.253 e. The fraction of sp³-hybridized carbons (Fsp3) is 0.364. The second-order valence-electron chi connectivity index (χ2n) is 3.54. The molecular weight excluding hydrogens is 194 g/mol. The first-order valence-corrected chi connectivity index (χ1v) is 4.72. The van der Waals surface area contributed by atoms with Crippen LogP contribution in [0.4, 0.5) is 0 Å². The van der Waals surface area contributed by atoms with Gasteiger partial charge in [-0.3, -0.25) is 4.79 Å². The smallest absolute Gasteiger partial charge is 0.253 e. The molecule has 1 amide bonds. The van der Waals surface area contributed by atoms with E-state index in [0.717, 1.165) is 5.56 Å². The van der Waals surface area contributed by atoms with Crippen molar-refractivity contribution in [2.24, 2.45) is 0 Å². The molecule has 0 aromatic heterocycles. The number of nitrogens with one attached hydrogen (secondary N) is 1. The zero-order chi connectivity index (χ0) is 11.5. The molecule has 0 aliphatic carbocycles. The van der Waals surface area contributed by atoms with Crippen LogP contribution in [-0.4, -0.2) is 22.0 Å². The molecule has 1 atom stereocenters. The summed E-state index contributed by atoms with van der Waals surface area (Å²) in [6.07, 6.45) is 0. The molecular formula is C11H15NO3. The van der Waals surface area contributed by atoms with Gasteiger partial charge in [0.15, 0.2) is 0 Å². The van der Waals surface area contributed by atoms with Crippen LogP contribution in [0.5, 0.6) is 0 Å². The van der Waals surface area contributed by atoms with E-state index in [0.29, 0.717) is 0 Å². The number of carbonyl (C=O) groups is 1. The van der Waals surface area contributed by atoms with Crippen LogP contribution in [0.1, 0.15) is 25.3 Å². The zero-order valence-electron chi connectivity index (χ0n) is 8.77. The van der Waals surface area contributed by atoms with E-state index in [1.165, 1.54) is 6.92 Å². The van der Waals surface area contributed by atoms with E-state index >= 15 is 0 Å². The molecule has 3 N–H and O–H groups in total. The summed E-state index contributed by atoms with van der Waals surface area (Å²) in [5, 5.41) is 21.4. The van der Waals surface area contributed by atoms with Crippen LogP contribution in [0.2, 0.25) is 0 Å². The predicted molar refractivity (Wildman–Crippen MR) is 55.8 cm³/mol. The van der Waals surface area contributed by atoms with Gasteiger partial charge in [0.2, 0.25) is 5.91 Å². The van der Waals surface area contributed by atoms with Crippen molar-refractivity contribution in [3.8, 4) is 0 Å². The van der Waals surface area contributed by atoms with Crippen molar-refractivity contribution in [2.75, 3.05) is 0 Å². The lowest BCUT2D eigenvalue weighted by molar-refractivity contribution is -0.201.